The summed E-state index contributed by atoms with van der Waals surface area (Å²) < 4.78 is 5.59. The molecule has 1 aliphatic heterocycles. The molecule has 94 valence electrons. The minimum absolute atomic E-state index is 0.452. The van der Waals surface area contributed by atoms with Gasteiger partial charge in [0.2, 0.25) is 0 Å². The number of hydrogen-bond acceptors (Lipinski definition) is 3. The molecule has 1 saturated carbocycles. The van der Waals surface area contributed by atoms with Crippen molar-refractivity contribution < 1.29 is 4.74 Å². The molecule has 0 amide bonds. The summed E-state index contributed by atoms with van der Waals surface area (Å²) in [5.41, 5.74) is 0. The van der Waals surface area contributed by atoms with Crippen LogP contribution in [0.15, 0.2) is 0 Å². The Morgan fingerprint density at radius 2 is 2.00 bits per heavy atom. The van der Waals surface area contributed by atoms with Crippen LogP contribution in [0.1, 0.15) is 46.0 Å². The predicted molar refractivity (Wildman–Crippen MR) is 71.1 cm³/mol. The van der Waals surface area contributed by atoms with Crippen LogP contribution in [0.4, 0.5) is 0 Å². The van der Waals surface area contributed by atoms with Crippen molar-refractivity contribution in [3.05, 3.63) is 0 Å². The lowest BCUT2D eigenvalue weighted by atomic mass is 10.0. The van der Waals surface area contributed by atoms with Gasteiger partial charge in [-0.15, -0.1) is 0 Å². The molecule has 0 aromatic rings. The third-order valence-corrected chi connectivity index (χ3v) is 4.98. The van der Waals surface area contributed by atoms with Gasteiger partial charge in [0.15, 0.2) is 0 Å². The summed E-state index contributed by atoms with van der Waals surface area (Å²) in [6, 6.07) is 1.48. The molecule has 1 heterocycles. The summed E-state index contributed by atoms with van der Waals surface area (Å²) in [6.07, 6.45) is 7.02. The Kier molecular flexibility index (Phi) is 4.98. The summed E-state index contributed by atoms with van der Waals surface area (Å²) in [5, 5.41) is 4.76. The van der Waals surface area contributed by atoms with Crippen molar-refractivity contribution in [2.75, 3.05) is 12.4 Å². The van der Waals surface area contributed by atoms with Crippen LogP contribution < -0.4 is 5.32 Å². The van der Waals surface area contributed by atoms with Crippen molar-refractivity contribution >= 4 is 11.8 Å². The van der Waals surface area contributed by atoms with Crippen molar-refractivity contribution in [1.82, 2.24) is 5.32 Å². The molecule has 3 heteroatoms. The molecule has 0 radical (unpaired) electrons. The molecule has 1 aliphatic carbocycles. The molecule has 1 N–H and O–H groups in total. The van der Waals surface area contributed by atoms with Gasteiger partial charge in [-0.25, -0.2) is 0 Å². The van der Waals surface area contributed by atoms with Crippen LogP contribution in [-0.2, 0) is 4.74 Å². The highest BCUT2D eigenvalue weighted by molar-refractivity contribution is 7.99. The average molecular weight is 243 g/mol. The van der Waals surface area contributed by atoms with E-state index in [-0.39, 0.29) is 0 Å². The van der Waals surface area contributed by atoms with Crippen molar-refractivity contribution in [3.63, 3.8) is 0 Å². The molecular weight excluding hydrogens is 218 g/mol. The average Bonchev–Trinajstić information content (AvgIpc) is 2.66. The molecule has 2 nitrogen and oxygen atoms in total. The zero-order valence-corrected chi connectivity index (χ0v) is 11.4. The Morgan fingerprint density at radius 3 is 2.75 bits per heavy atom. The Morgan fingerprint density at radius 1 is 1.19 bits per heavy atom. The zero-order chi connectivity index (χ0) is 11.4. The van der Waals surface area contributed by atoms with E-state index in [9.17, 15) is 0 Å². The summed E-state index contributed by atoms with van der Waals surface area (Å²) in [7, 11) is 0. The van der Waals surface area contributed by atoms with Crippen LogP contribution in [0.25, 0.3) is 0 Å². The van der Waals surface area contributed by atoms with Crippen LogP contribution in [0.5, 0.6) is 0 Å². The second kappa shape index (κ2) is 6.27. The van der Waals surface area contributed by atoms with Gasteiger partial charge in [-0.05, 0) is 44.8 Å². The maximum Gasteiger partial charge on any atom is 0.0561 e. The monoisotopic (exact) mass is 243 g/mol. The molecule has 2 aliphatic rings. The minimum Gasteiger partial charge on any atom is -0.378 e. The normalized spacial score (nSPS) is 40.1. The van der Waals surface area contributed by atoms with E-state index in [1.165, 1.54) is 37.9 Å². The zero-order valence-electron chi connectivity index (χ0n) is 10.6. The number of thioether (sulfide) groups is 1. The molecule has 4 atom stereocenters. The number of ether oxygens (including phenoxy) is 1. The number of rotatable bonds is 4. The van der Waals surface area contributed by atoms with Gasteiger partial charge in [-0.2, -0.15) is 11.8 Å². The fraction of sp³-hybridized carbons (Fsp3) is 1.00. The SMILES string of the molecule is CCSC1CCC(NC2CCOC(C)C2)C1. The van der Waals surface area contributed by atoms with Crippen LogP contribution >= 0.6 is 11.8 Å². The van der Waals surface area contributed by atoms with Crippen molar-refractivity contribution in [2.24, 2.45) is 0 Å². The molecule has 0 bridgehead atoms. The van der Waals surface area contributed by atoms with Gasteiger partial charge in [0, 0.05) is 23.9 Å². The number of nitrogens with one attached hydrogen (secondary N) is 1. The van der Waals surface area contributed by atoms with Gasteiger partial charge in [-0.3, -0.25) is 0 Å². The Balaban J connectivity index is 1.70. The van der Waals surface area contributed by atoms with E-state index in [4.69, 9.17) is 4.74 Å². The first-order chi connectivity index (χ1) is 7.78. The molecule has 0 aromatic heterocycles. The molecule has 2 fully saturated rings. The standard InChI is InChI=1S/C13H25NOS/c1-3-16-13-5-4-11(9-13)14-12-6-7-15-10(2)8-12/h10-14H,3-9H2,1-2H3. The highest BCUT2D eigenvalue weighted by Gasteiger charge is 2.28. The second-order valence-electron chi connectivity index (χ2n) is 5.16. The van der Waals surface area contributed by atoms with E-state index in [0.29, 0.717) is 12.1 Å². The van der Waals surface area contributed by atoms with Crippen LogP contribution in [-0.4, -0.2) is 35.8 Å². The molecular formula is C13H25NOS. The number of hydrogen-bond donors (Lipinski definition) is 1. The largest absolute Gasteiger partial charge is 0.378 e. The first-order valence-electron chi connectivity index (χ1n) is 6.77. The minimum atomic E-state index is 0.452. The summed E-state index contributed by atoms with van der Waals surface area (Å²) in [5.74, 6) is 1.27. The second-order valence-corrected chi connectivity index (χ2v) is 6.73. The van der Waals surface area contributed by atoms with Gasteiger partial charge < -0.3 is 10.1 Å². The maximum absolute atomic E-state index is 5.59. The lowest BCUT2D eigenvalue weighted by Crippen LogP contribution is -2.42. The fourth-order valence-electron chi connectivity index (χ4n) is 2.96. The maximum atomic E-state index is 5.59. The Hall–Kier alpha value is 0.270. The topological polar surface area (TPSA) is 21.3 Å². The summed E-state index contributed by atoms with van der Waals surface area (Å²) in [6.45, 7) is 5.41. The van der Waals surface area contributed by atoms with Gasteiger partial charge in [0.05, 0.1) is 6.10 Å². The molecule has 16 heavy (non-hydrogen) atoms. The third kappa shape index (κ3) is 3.64. The van der Waals surface area contributed by atoms with Gasteiger partial charge in [0.25, 0.3) is 0 Å². The van der Waals surface area contributed by atoms with E-state index in [0.717, 1.165) is 17.9 Å². The van der Waals surface area contributed by atoms with Crippen LogP contribution in [0.2, 0.25) is 0 Å². The van der Waals surface area contributed by atoms with Crippen LogP contribution in [0.3, 0.4) is 0 Å². The Bertz CT molecular complexity index is 212. The molecule has 1 saturated heterocycles. The van der Waals surface area contributed by atoms with E-state index in [2.05, 4.69) is 30.9 Å². The van der Waals surface area contributed by atoms with E-state index in [1.54, 1.807) is 0 Å². The lowest BCUT2D eigenvalue weighted by Gasteiger charge is -2.30. The quantitative estimate of drug-likeness (QED) is 0.820. The smallest absolute Gasteiger partial charge is 0.0561 e. The van der Waals surface area contributed by atoms with E-state index in [1.807, 2.05) is 0 Å². The molecule has 0 aromatic carbocycles. The third-order valence-electron chi connectivity index (χ3n) is 3.74. The summed E-state index contributed by atoms with van der Waals surface area (Å²) in [4.78, 5) is 0. The first kappa shape index (κ1) is 12.7. The van der Waals surface area contributed by atoms with Crippen molar-refractivity contribution in [2.45, 2.75) is 69.4 Å². The van der Waals surface area contributed by atoms with Gasteiger partial charge in [-0.1, -0.05) is 6.92 Å². The Labute approximate surface area is 104 Å². The highest BCUT2D eigenvalue weighted by Crippen LogP contribution is 2.30. The van der Waals surface area contributed by atoms with Gasteiger partial charge >= 0.3 is 0 Å². The fourth-order valence-corrected chi connectivity index (χ4v) is 4.10. The molecule has 4 unspecified atom stereocenters. The highest BCUT2D eigenvalue weighted by atomic mass is 32.2. The first-order valence-corrected chi connectivity index (χ1v) is 7.82. The van der Waals surface area contributed by atoms with Crippen molar-refractivity contribution in [1.29, 1.82) is 0 Å². The lowest BCUT2D eigenvalue weighted by molar-refractivity contribution is 0.0114. The van der Waals surface area contributed by atoms with E-state index < -0.39 is 0 Å². The van der Waals surface area contributed by atoms with Crippen molar-refractivity contribution in [3.8, 4) is 0 Å². The van der Waals surface area contributed by atoms with Crippen LogP contribution in [0, 0.1) is 0 Å². The summed E-state index contributed by atoms with van der Waals surface area (Å²) >= 11 is 2.14. The van der Waals surface area contributed by atoms with Gasteiger partial charge in [0.1, 0.15) is 0 Å². The molecule has 0 spiro atoms. The molecule has 2 rings (SSSR count). The van der Waals surface area contributed by atoms with E-state index >= 15 is 0 Å². The predicted octanol–water partition coefficient (Wildman–Crippen LogP) is 2.82.